The quantitative estimate of drug-likeness (QED) is 0.787. The van der Waals surface area contributed by atoms with Gasteiger partial charge in [-0.15, -0.1) is 0 Å². The molecule has 0 aromatic heterocycles. The number of hydrogen-bond donors (Lipinski definition) is 1. The smallest absolute Gasteiger partial charge is 0.240 e. The molecule has 2 aliphatic heterocycles. The van der Waals surface area contributed by atoms with E-state index < -0.39 is 0 Å². The average Bonchev–Trinajstić information content (AvgIpc) is 2.47. The minimum absolute atomic E-state index is 0.0713. The number of morpholine rings is 1. The molecule has 0 bridgehead atoms. The first-order valence-electron chi connectivity index (χ1n) is 6.51. The fourth-order valence-electron chi connectivity index (χ4n) is 2.63. The minimum Gasteiger partial charge on any atom is -0.378 e. The standard InChI is InChI=1S/C14H18N2O2/c17-14(16-5-7-18-8-6-16)13-9-11-3-1-2-4-12(11)10-15-13/h1-4,13,15H,5-10H2/t13-/m1/s1. The van der Waals surface area contributed by atoms with E-state index >= 15 is 0 Å². The maximum absolute atomic E-state index is 12.4. The third kappa shape index (κ3) is 2.26. The molecule has 0 saturated carbocycles. The molecule has 1 amide bonds. The summed E-state index contributed by atoms with van der Waals surface area (Å²) in [5, 5.41) is 3.34. The second-order valence-electron chi connectivity index (χ2n) is 4.84. The van der Waals surface area contributed by atoms with Crippen LogP contribution >= 0.6 is 0 Å². The lowest BCUT2D eigenvalue weighted by Crippen LogP contribution is -2.52. The fraction of sp³-hybridized carbons (Fsp3) is 0.500. The summed E-state index contributed by atoms with van der Waals surface area (Å²) in [6.45, 7) is 3.55. The highest BCUT2D eigenvalue weighted by atomic mass is 16.5. The fourth-order valence-corrected chi connectivity index (χ4v) is 2.63. The Morgan fingerprint density at radius 3 is 2.72 bits per heavy atom. The second-order valence-corrected chi connectivity index (χ2v) is 4.84. The second kappa shape index (κ2) is 5.08. The van der Waals surface area contributed by atoms with Crippen LogP contribution < -0.4 is 5.32 Å². The largest absolute Gasteiger partial charge is 0.378 e. The highest BCUT2D eigenvalue weighted by Gasteiger charge is 2.28. The Morgan fingerprint density at radius 1 is 1.22 bits per heavy atom. The summed E-state index contributed by atoms with van der Waals surface area (Å²) in [6, 6.07) is 8.26. The lowest BCUT2D eigenvalue weighted by Gasteiger charge is -2.33. The summed E-state index contributed by atoms with van der Waals surface area (Å²) < 4.78 is 5.28. The number of rotatable bonds is 1. The van der Waals surface area contributed by atoms with Crippen molar-refractivity contribution < 1.29 is 9.53 Å². The molecule has 2 aliphatic rings. The molecule has 1 N–H and O–H groups in total. The molecule has 1 fully saturated rings. The molecule has 4 heteroatoms. The lowest BCUT2D eigenvalue weighted by molar-refractivity contribution is -0.137. The van der Waals surface area contributed by atoms with Crippen LogP contribution in [0.15, 0.2) is 24.3 Å². The van der Waals surface area contributed by atoms with Crippen LogP contribution in [0.1, 0.15) is 11.1 Å². The van der Waals surface area contributed by atoms with Gasteiger partial charge in [0.1, 0.15) is 0 Å². The van der Waals surface area contributed by atoms with Crippen molar-refractivity contribution in [2.45, 2.75) is 19.0 Å². The molecule has 18 heavy (non-hydrogen) atoms. The number of carbonyl (C=O) groups is 1. The van der Waals surface area contributed by atoms with Crippen LogP contribution in [-0.4, -0.2) is 43.2 Å². The van der Waals surface area contributed by atoms with Gasteiger partial charge in [0.05, 0.1) is 19.3 Å². The highest BCUT2D eigenvalue weighted by Crippen LogP contribution is 2.17. The van der Waals surface area contributed by atoms with E-state index in [2.05, 4.69) is 17.4 Å². The molecule has 0 aliphatic carbocycles. The van der Waals surface area contributed by atoms with Crippen molar-refractivity contribution in [1.29, 1.82) is 0 Å². The summed E-state index contributed by atoms with van der Waals surface area (Å²) in [4.78, 5) is 14.3. The Morgan fingerprint density at radius 2 is 1.94 bits per heavy atom. The van der Waals surface area contributed by atoms with Gasteiger partial charge in [0.15, 0.2) is 0 Å². The van der Waals surface area contributed by atoms with Gasteiger partial charge >= 0.3 is 0 Å². The van der Waals surface area contributed by atoms with Crippen LogP contribution in [0.25, 0.3) is 0 Å². The zero-order valence-corrected chi connectivity index (χ0v) is 10.4. The Balaban J connectivity index is 1.69. The Hall–Kier alpha value is -1.39. The first-order valence-corrected chi connectivity index (χ1v) is 6.51. The van der Waals surface area contributed by atoms with E-state index in [-0.39, 0.29) is 11.9 Å². The van der Waals surface area contributed by atoms with Crippen molar-refractivity contribution in [3.8, 4) is 0 Å². The molecule has 4 nitrogen and oxygen atoms in total. The maximum atomic E-state index is 12.4. The maximum Gasteiger partial charge on any atom is 0.240 e. The molecule has 0 spiro atoms. The van der Waals surface area contributed by atoms with E-state index in [9.17, 15) is 4.79 Å². The summed E-state index contributed by atoms with van der Waals surface area (Å²) in [6.07, 6.45) is 0.798. The topological polar surface area (TPSA) is 41.6 Å². The van der Waals surface area contributed by atoms with Crippen LogP contribution in [-0.2, 0) is 22.5 Å². The normalized spacial score (nSPS) is 23.6. The molecule has 1 atom stereocenters. The summed E-state index contributed by atoms with van der Waals surface area (Å²) in [5.41, 5.74) is 2.60. The Kier molecular flexibility index (Phi) is 3.30. The van der Waals surface area contributed by atoms with Gasteiger partial charge < -0.3 is 15.0 Å². The third-order valence-corrected chi connectivity index (χ3v) is 3.70. The molecule has 3 rings (SSSR count). The van der Waals surface area contributed by atoms with E-state index in [4.69, 9.17) is 4.74 Å². The van der Waals surface area contributed by atoms with Gasteiger partial charge in [0, 0.05) is 19.6 Å². The highest BCUT2D eigenvalue weighted by molar-refractivity contribution is 5.82. The molecule has 0 radical (unpaired) electrons. The van der Waals surface area contributed by atoms with E-state index in [1.54, 1.807) is 0 Å². The molecule has 2 heterocycles. The number of carbonyl (C=O) groups excluding carboxylic acids is 1. The van der Waals surface area contributed by atoms with Crippen molar-refractivity contribution in [3.63, 3.8) is 0 Å². The molecule has 1 saturated heterocycles. The van der Waals surface area contributed by atoms with Crippen LogP contribution in [0.2, 0.25) is 0 Å². The third-order valence-electron chi connectivity index (χ3n) is 3.70. The summed E-state index contributed by atoms with van der Waals surface area (Å²) >= 11 is 0. The van der Waals surface area contributed by atoms with E-state index in [1.165, 1.54) is 11.1 Å². The molecular weight excluding hydrogens is 228 g/mol. The van der Waals surface area contributed by atoms with Gasteiger partial charge in [-0.25, -0.2) is 0 Å². The number of benzene rings is 1. The Bertz CT molecular complexity index is 441. The molecule has 0 unspecified atom stereocenters. The number of amides is 1. The number of ether oxygens (including phenoxy) is 1. The van der Waals surface area contributed by atoms with Gasteiger partial charge in [0.25, 0.3) is 0 Å². The van der Waals surface area contributed by atoms with Gasteiger partial charge in [-0.3, -0.25) is 4.79 Å². The molecule has 1 aromatic carbocycles. The van der Waals surface area contributed by atoms with Crippen molar-refractivity contribution in [3.05, 3.63) is 35.4 Å². The van der Waals surface area contributed by atoms with Crippen molar-refractivity contribution in [1.82, 2.24) is 10.2 Å². The zero-order chi connectivity index (χ0) is 12.4. The van der Waals surface area contributed by atoms with Gasteiger partial charge in [-0.2, -0.15) is 0 Å². The first kappa shape index (κ1) is 11.7. The summed E-state index contributed by atoms with van der Waals surface area (Å²) in [5.74, 6) is 0.216. The average molecular weight is 246 g/mol. The van der Waals surface area contributed by atoms with Crippen molar-refractivity contribution >= 4 is 5.91 Å². The zero-order valence-electron chi connectivity index (χ0n) is 10.4. The van der Waals surface area contributed by atoms with Crippen LogP contribution in [0, 0.1) is 0 Å². The van der Waals surface area contributed by atoms with Gasteiger partial charge in [-0.05, 0) is 17.5 Å². The predicted octanol–water partition coefficient (Wildman–Crippen LogP) is 0.560. The number of fused-ring (bicyclic) bond motifs is 1. The molecule has 1 aromatic rings. The molecular formula is C14H18N2O2. The van der Waals surface area contributed by atoms with E-state index in [1.807, 2.05) is 17.0 Å². The number of nitrogens with one attached hydrogen (secondary N) is 1. The van der Waals surface area contributed by atoms with E-state index in [0.29, 0.717) is 13.2 Å². The monoisotopic (exact) mass is 246 g/mol. The summed E-state index contributed by atoms with van der Waals surface area (Å²) in [7, 11) is 0. The van der Waals surface area contributed by atoms with Gasteiger partial charge in [-0.1, -0.05) is 24.3 Å². The Labute approximate surface area is 107 Å². The minimum atomic E-state index is -0.0713. The van der Waals surface area contributed by atoms with Crippen molar-refractivity contribution in [2.24, 2.45) is 0 Å². The number of nitrogens with zero attached hydrogens (tertiary/aromatic N) is 1. The van der Waals surface area contributed by atoms with Crippen LogP contribution in [0.4, 0.5) is 0 Å². The van der Waals surface area contributed by atoms with Crippen LogP contribution in [0.5, 0.6) is 0 Å². The SMILES string of the molecule is O=C([C@H]1Cc2ccccc2CN1)N1CCOCC1. The number of hydrogen-bond acceptors (Lipinski definition) is 3. The predicted molar refractivity (Wildman–Crippen MR) is 68.2 cm³/mol. The van der Waals surface area contributed by atoms with Gasteiger partial charge in [0.2, 0.25) is 5.91 Å². The van der Waals surface area contributed by atoms with Crippen LogP contribution in [0.3, 0.4) is 0 Å². The lowest BCUT2D eigenvalue weighted by atomic mass is 9.95. The van der Waals surface area contributed by atoms with E-state index in [0.717, 1.165) is 26.1 Å². The molecule has 96 valence electrons. The first-order chi connectivity index (χ1) is 8.84. The van der Waals surface area contributed by atoms with Crippen molar-refractivity contribution in [2.75, 3.05) is 26.3 Å².